The summed E-state index contributed by atoms with van der Waals surface area (Å²) in [6, 6.07) is 13.7. The number of rotatable bonds is 8. The van der Waals surface area contributed by atoms with Gasteiger partial charge in [0.2, 0.25) is 10.0 Å². The third-order valence-corrected chi connectivity index (χ3v) is 9.13. The van der Waals surface area contributed by atoms with Gasteiger partial charge in [0.1, 0.15) is 0 Å². The molecule has 0 aromatic heterocycles. The fourth-order valence-corrected chi connectivity index (χ4v) is 5.93. The van der Waals surface area contributed by atoms with Gasteiger partial charge >= 0.3 is 5.97 Å². The molecule has 2 aromatic rings. The topological polar surface area (TPSA) is 83.5 Å². The number of sulfonamides is 1. The Hall–Kier alpha value is -1.89. The first kappa shape index (κ1) is 22.8. The second-order valence-electron chi connectivity index (χ2n) is 9.17. The number of benzene rings is 2. The minimum atomic E-state index is -3.66. The van der Waals surface area contributed by atoms with E-state index < -0.39 is 16.0 Å². The van der Waals surface area contributed by atoms with E-state index in [1.165, 1.54) is 12.1 Å². The van der Waals surface area contributed by atoms with Gasteiger partial charge in [-0.15, -0.1) is 0 Å². The number of hydrogen-bond donors (Lipinski definition) is 2. The van der Waals surface area contributed by atoms with Gasteiger partial charge in [-0.25, -0.2) is 13.1 Å². The fourth-order valence-electron chi connectivity index (χ4n) is 4.71. The summed E-state index contributed by atoms with van der Waals surface area (Å²) < 4.78 is 28.5. The molecule has 0 saturated heterocycles. The van der Waals surface area contributed by atoms with Gasteiger partial charge in [-0.05, 0) is 58.1 Å². The van der Waals surface area contributed by atoms with E-state index >= 15 is 0 Å². The van der Waals surface area contributed by atoms with Crippen LogP contribution < -0.4 is 4.72 Å². The molecule has 1 aliphatic rings. The van der Waals surface area contributed by atoms with Gasteiger partial charge in [-0.3, -0.25) is 4.79 Å². The number of aliphatic carboxylic acids is 1. The second-order valence-corrected chi connectivity index (χ2v) is 11.4. The van der Waals surface area contributed by atoms with E-state index in [4.69, 9.17) is 16.7 Å². The van der Waals surface area contributed by atoms with Crippen LogP contribution in [0.15, 0.2) is 53.4 Å². The van der Waals surface area contributed by atoms with Gasteiger partial charge in [0.05, 0.1) is 11.3 Å². The highest BCUT2D eigenvalue weighted by Gasteiger charge is 2.76. The van der Waals surface area contributed by atoms with Crippen LogP contribution in [0.4, 0.5) is 0 Å². The molecule has 1 aliphatic carbocycles. The van der Waals surface area contributed by atoms with E-state index in [0.29, 0.717) is 18.0 Å². The summed E-state index contributed by atoms with van der Waals surface area (Å²) >= 11 is 5.88. The van der Waals surface area contributed by atoms with Crippen molar-refractivity contribution in [3.63, 3.8) is 0 Å². The van der Waals surface area contributed by atoms with Gasteiger partial charge in [-0.2, -0.15) is 0 Å². The number of carboxylic acids is 1. The summed E-state index contributed by atoms with van der Waals surface area (Å²) in [4.78, 5) is 11.1. The lowest BCUT2D eigenvalue weighted by Crippen LogP contribution is -2.35. The van der Waals surface area contributed by atoms with Crippen LogP contribution in [0.25, 0.3) is 0 Å². The molecule has 0 bridgehead atoms. The Labute approximate surface area is 183 Å². The Morgan fingerprint density at radius 2 is 1.43 bits per heavy atom. The van der Waals surface area contributed by atoms with Gasteiger partial charge in [0.25, 0.3) is 0 Å². The molecule has 0 atom stereocenters. The van der Waals surface area contributed by atoms with Crippen molar-refractivity contribution in [2.45, 2.75) is 45.4 Å². The SMILES string of the molecule is CC1(C)C(C)(C)C1(CNS(=O)(=O)c1ccc(Cl)cc1)Cc1ccc(CC(=O)O)cc1. The first-order chi connectivity index (χ1) is 13.8. The molecule has 30 heavy (non-hydrogen) atoms. The molecular formula is C23H28ClNO4S. The van der Waals surface area contributed by atoms with Crippen LogP contribution in [0.5, 0.6) is 0 Å². The summed E-state index contributed by atoms with van der Waals surface area (Å²) in [5.74, 6) is -0.861. The Bertz CT molecular complexity index is 1030. The van der Waals surface area contributed by atoms with Crippen molar-refractivity contribution in [3.8, 4) is 0 Å². The van der Waals surface area contributed by atoms with Crippen LogP contribution in [-0.2, 0) is 27.7 Å². The van der Waals surface area contributed by atoms with Crippen LogP contribution in [0.2, 0.25) is 5.02 Å². The van der Waals surface area contributed by atoms with Crippen molar-refractivity contribution >= 4 is 27.6 Å². The molecule has 1 saturated carbocycles. The molecule has 1 fully saturated rings. The van der Waals surface area contributed by atoms with Crippen LogP contribution in [0.1, 0.15) is 38.8 Å². The molecule has 0 spiro atoms. The van der Waals surface area contributed by atoms with Crippen LogP contribution in [0, 0.1) is 16.2 Å². The van der Waals surface area contributed by atoms with Crippen molar-refractivity contribution in [1.82, 2.24) is 4.72 Å². The zero-order valence-electron chi connectivity index (χ0n) is 17.7. The van der Waals surface area contributed by atoms with Crippen molar-refractivity contribution in [2.24, 2.45) is 16.2 Å². The first-order valence-corrected chi connectivity index (χ1v) is 11.7. The van der Waals surface area contributed by atoms with Crippen LogP contribution in [-0.4, -0.2) is 26.0 Å². The van der Waals surface area contributed by atoms with E-state index in [-0.39, 0.29) is 27.6 Å². The van der Waals surface area contributed by atoms with E-state index in [9.17, 15) is 13.2 Å². The fraction of sp³-hybridized carbons (Fsp3) is 0.435. The standard InChI is InChI=1S/C23H28ClNO4S/c1-21(2)22(3,4)23(21,14-17-7-5-16(6-8-17)13-20(26)27)15-25-30(28,29)19-11-9-18(24)10-12-19/h5-12,25H,13-15H2,1-4H3,(H,26,27). The largest absolute Gasteiger partial charge is 0.481 e. The zero-order chi connectivity index (χ0) is 22.4. The number of nitrogens with one attached hydrogen (secondary N) is 1. The molecule has 0 aliphatic heterocycles. The summed E-state index contributed by atoms with van der Waals surface area (Å²) in [6.07, 6.45) is 0.687. The van der Waals surface area contributed by atoms with E-state index in [1.54, 1.807) is 12.1 Å². The molecule has 7 heteroatoms. The molecule has 0 amide bonds. The predicted molar refractivity (Wildman–Crippen MR) is 118 cm³/mol. The first-order valence-electron chi connectivity index (χ1n) is 9.87. The monoisotopic (exact) mass is 449 g/mol. The quantitative estimate of drug-likeness (QED) is 0.619. The molecule has 2 aromatic carbocycles. The smallest absolute Gasteiger partial charge is 0.307 e. The lowest BCUT2D eigenvalue weighted by Gasteiger charge is -2.23. The highest BCUT2D eigenvalue weighted by atomic mass is 35.5. The zero-order valence-corrected chi connectivity index (χ0v) is 19.3. The maximum Gasteiger partial charge on any atom is 0.307 e. The van der Waals surface area contributed by atoms with Crippen molar-refractivity contribution in [2.75, 3.05) is 6.54 Å². The molecule has 3 rings (SSSR count). The van der Waals surface area contributed by atoms with E-state index in [1.807, 2.05) is 24.3 Å². The molecule has 0 radical (unpaired) electrons. The average Bonchev–Trinajstić information content (AvgIpc) is 2.99. The lowest BCUT2D eigenvalue weighted by molar-refractivity contribution is -0.136. The van der Waals surface area contributed by atoms with Crippen LogP contribution in [0.3, 0.4) is 0 Å². The minimum absolute atomic E-state index is 0.0106. The number of halogens is 1. The average molecular weight is 450 g/mol. The van der Waals surface area contributed by atoms with Gasteiger partial charge in [0, 0.05) is 11.6 Å². The van der Waals surface area contributed by atoms with Crippen LogP contribution >= 0.6 is 11.6 Å². The Morgan fingerprint density at radius 3 is 1.90 bits per heavy atom. The number of carboxylic acid groups (broad SMARTS) is 1. The number of carbonyl (C=O) groups is 1. The summed E-state index contributed by atoms with van der Waals surface area (Å²) in [6.45, 7) is 8.99. The molecule has 2 N–H and O–H groups in total. The molecular weight excluding hydrogens is 422 g/mol. The molecule has 5 nitrogen and oxygen atoms in total. The maximum absolute atomic E-state index is 12.8. The van der Waals surface area contributed by atoms with Crippen molar-refractivity contribution < 1.29 is 18.3 Å². The van der Waals surface area contributed by atoms with Crippen molar-refractivity contribution in [1.29, 1.82) is 0 Å². The minimum Gasteiger partial charge on any atom is -0.481 e. The van der Waals surface area contributed by atoms with E-state index in [0.717, 1.165) is 11.1 Å². The normalized spacial score (nSPS) is 18.7. The predicted octanol–water partition coefficient (Wildman–Crippen LogP) is 4.54. The molecule has 0 heterocycles. The summed E-state index contributed by atoms with van der Waals surface area (Å²) in [7, 11) is -3.66. The molecule has 162 valence electrons. The number of hydrogen-bond acceptors (Lipinski definition) is 3. The van der Waals surface area contributed by atoms with Crippen molar-refractivity contribution in [3.05, 3.63) is 64.7 Å². The Morgan fingerprint density at radius 1 is 0.933 bits per heavy atom. The summed E-state index contributed by atoms with van der Waals surface area (Å²) in [5, 5.41) is 9.44. The second kappa shape index (κ2) is 7.66. The highest BCUT2D eigenvalue weighted by molar-refractivity contribution is 7.89. The highest BCUT2D eigenvalue weighted by Crippen LogP contribution is 2.78. The third-order valence-electron chi connectivity index (χ3n) is 7.46. The van der Waals surface area contributed by atoms with Gasteiger partial charge in [-0.1, -0.05) is 63.6 Å². The third kappa shape index (κ3) is 3.88. The maximum atomic E-state index is 12.8. The Kier molecular flexibility index (Phi) is 5.82. The van der Waals surface area contributed by atoms with E-state index in [2.05, 4.69) is 32.4 Å². The summed E-state index contributed by atoms with van der Waals surface area (Å²) in [5.41, 5.74) is 1.38. The van der Waals surface area contributed by atoms with Gasteiger partial charge in [0.15, 0.2) is 0 Å². The molecule has 0 unspecified atom stereocenters. The Balaban J connectivity index is 1.82. The van der Waals surface area contributed by atoms with Gasteiger partial charge < -0.3 is 5.11 Å². The lowest BCUT2D eigenvalue weighted by atomic mass is 9.87.